The van der Waals surface area contributed by atoms with Crippen molar-refractivity contribution in [3.63, 3.8) is 0 Å². The topological polar surface area (TPSA) is 80.9 Å². The Labute approximate surface area is 122 Å². The maximum atomic E-state index is 10.7. The predicted molar refractivity (Wildman–Crippen MR) is 76.3 cm³/mol. The molecule has 0 amide bonds. The van der Waals surface area contributed by atoms with E-state index < -0.39 is 5.97 Å². The van der Waals surface area contributed by atoms with Gasteiger partial charge in [-0.2, -0.15) is 4.68 Å². The number of carboxylic acids is 1. The molecule has 0 spiro atoms. The molecular formula is C15H18N4O2. The van der Waals surface area contributed by atoms with E-state index >= 15 is 0 Å². The lowest BCUT2D eigenvalue weighted by molar-refractivity contribution is -0.136. The molecule has 1 heterocycles. The summed E-state index contributed by atoms with van der Waals surface area (Å²) in [6.07, 6.45) is 6.06. The predicted octanol–water partition coefficient (Wildman–Crippen LogP) is 2.34. The van der Waals surface area contributed by atoms with Crippen LogP contribution in [0.15, 0.2) is 24.3 Å². The Morgan fingerprint density at radius 1 is 1.19 bits per heavy atom. The number of aromatic nitrogens is 4. The smallest absolute Gasteiger partial charge is 0.307 e. The number of rotatable bonds is 4. The molecule has 0 saturated heterocycles. The first-order valence-corrected chi connectivity index (χ1v) is 7.33. The highest BCUT2D eigenvalue weighted by Gasteiger charge is 2.22. The third kappa shape index (κ3) is 3.09. The Morgan fingerprint density at radius 2 is 1.90 bits per heavy atom. The quantitative estimate of drug-likeness (QED) is 0.933. The zero-order valence-corrected chi connectivity index (χ0v) is 11.8. The van der Waals surface area contributed by atoms with Gasteiger partial charge in [0.1, 0.15) is 0 Å². The molecule has 6 nitrogen and oxygen atoms in total. The molecule has 1 aliphatic carbocycles. The van der Waals surface area contributed by atoms with E-state index in [0.717, 1.165) is 29.9 Å². The van der Waals surface area contributed by atoms with Crippen LogP contribution in [0, 0.1) is 0 Å². The van der Waals surface area contributed by atoms with E-state index in [0.29, 0.717) is 5.92 Å². The normalized spacial score (nSPS) is 16.0. The maximum Gasteiger partial charge on any atom is 0.307 e. The van der Waals surface area contributed by atoms with Crippen LogP contribution in [0.3, 0.4) is 0 Å². The average molecular weight is 286 g/mol. The zero-order chi connectivity index (χ0) is 14.7. The SMILES string of the molecule is O=C(O)Cc1ccc(-n2nnnc2C2CCCCC2)cc1. The van der Waals surface area contributed by atoms with Crippen molar-refractivity contribution in [2.24, 2.45) is 0 Å². The van der Waals surface area contributed by atoms with Crippen molar-refractivity contribution in [2.45, 2.75) is 44.4 Å². The van der Waals surface area contributed by atoms with Gasteiger partial charge in [0.15, 0.2) is 5.82 Å². The van der Waals surface area contributed by atoms with Crippen molar-refractivity contribution in [1.82, 2.24) is 20.2 Å². The minimum Gasteiger partial charge on any atom is -0.481 e. The molecule has 6 heteroatoms. The van der Waals surface area contributed by atoms with Gasteiger partial charge in [-0.1, -0.05) is 31.4 Å². The third-order valence-electron chi connectivity index (χ3n) is 4.00. The molecule has 1 N–H and O–H groups in total. The molecule has 0 unspecified atom stereocenters. The van der Waals surface area contributed by atoms with Gasteiger partial charge in [-0.05, 0) is 41.0 Å². The lowest BCUT2D eigenvalue weighted by Gasteiger charge is -2.20. The van der Waals surface area contributed by atoms with E-state index in [1.807, 2.05) is 24.3 Å². The van der Waals surface area contributed by atoms with Crippen molar-refractivity contribution < 1.29 is 9.90 Å². The third-order valence-corrected chi connectivity index (χ3v) is 4.00. The molecule has 110 valence electrons. The standard InChI is InChI=1S/C15H18N4O2/c20-14(21)10-11-6-8-13(9-7-11)19-15(16-17-18-19)12-4-2-1-3-5-12/h6-9,12H,1-5,10H2,(H,20,21). The van der Waals surface area contributed by atoms with Crippen LogP contribution < -0.4 is 0 Å². The fraction of sp³-hybridized carbons (Fsp3) is 0.467. The summed E-state index contributed by atoms with van der Waals surface area (Å²) in [4.78, 5) is 10.7. The van der Waals surface area contributed by atoms with Gasteiger partial charge in [0.2, 0.25) is 0 Å². The Balaban J connectivity index is 1.83. The minimum absolute atomic E-state index is 0.0331. The molecule has 1 fully saturated rings. The molecule has 0 bridgehead atoms. The Morgan fingerprint density at radius 3 is 2.57 bits per heavy atom. The van der Waals surface area contributed by atoms with Gasteiger partial charge >= 0.3 is 5.97 Å². The Bertz CT molecular complexity index is 615. The van der Waals surface area contributed by atoms with Crippen molar-refractivity contribution in [2.75, 3.05) is 0 Å². The maximum absolute atomic E-state index is 10.7. The molecule has 1 aromatic heterocycles. The van der Waals surface area contributed by atoms with E-state index in [2.05, 4.69) is 15.5 Å². The summed E-state index contributed by atoms with van der Waals surface area (Å²) in [5.41, 5.74) is 1.66. The minimum atomic E-state index is -0.826. The van der Waals surface area contributed by atoms with Gasteiger partial charge in [0, 0.05) is 5.92 Å². The highest BCUT2D eigenvalue weighted by Crippen LogP contribution is 2.31. The van der Waals surface area contributed by atoms with Crippen molar-refractivity contribution in [3.05, 3.63) is 35.7 Å². The summed E-state index contributed by atoms with van der Waals surface area (Å²) >= 11 is 0. The average Bonchev–Trinajstić information content (AvgIpc) is 2.98. The first kappa shape index (κ1) is 13.7. The van der Waals surface area contributed by atoms with Crippen molar-refractivity contribution in [3.8, 4) is 5.69 Å². The molecule has 21 heavy (non-hydrogen) atoms. The van der Waals surface area contributed by atoms with E-state index in [1.165, 1.54) is 19.3 Å². The van der Waals surface area contributed by atoms with E-state index in [9.17, 15) is 4.79 Å². The second-order valence-electron chi connectivity index (χ2n) is 5.52. The van der Waals surface area contributed by atoms with Crippen LogP contribution in [0.5, 0.6) is 0 Å². The monoisotopic (exact) mass is 286 g/mol. The highest BCUT2D eigenvalue weighted by molar-refractivity contribution is 5.70. The summed E-state index contributed by atoms with van der Waals surface area (Å²) in [6.45, 7) is 0. The van der Waals surface area contributed by atoms with Crippen molar-refractivity contribution >= 4 is 5.97 Å². The molecule has 1 aliphatic rings. The number of carbonyl (C=O) groups is 1. The number of hydrogen-bond donors (Lipinski definition) is 1. The summed E-state index contributed by atoms with van der Waals surface area (Å²) in [7, 11) is 0. The van der Waals surface area contributed by atoms with Crippen LogP contribution in [0.2, 0.25) is 0 Å². The molecule has 1 saturated carbocycles. The fourth-order valence-corrected chi connectivity index (χ4v) is 2.92. The lowest BCUT2D eigenvalue weighted by Crippen LogP contribution is -2.12. The lowest BCUT2D eigenvalue weighted by atomic mass is 9.88. The first-order chi connectivity index (χ1) is 10.2. The Hall–Kier alpha value is -2.24. The van der Waals surface area contributed by atoms with Crippen LogP contribution in [0.25, 0.3) is 5.69 Å². The summed E-state index contributed by atoms with van der Waals surface area (Å²) in [5, 5.41) is 20.9. The number of aliphatic carboxylic acids is 1. The molecular weight excluding hydrogens is 268 g/mol. The van der Waals surface area contributed by atoms with Gasteiger partial charge < -0.3 is 5.11 Å². The molecule has 3 rings (SSSR count). The second-order valence-corrected chi connectivity index (χ2v) is 5.52. The summed E-state index contributed by atoms with van der Waals surface area (Å²) < 4.78 is 1.78. The van der Waals surface area contributed by atoms with E-state index in [4.69, 9.17) is 5.11 Å². The molecule has 0 radical (unpaired) electrons. The summed E-state index contributed by atoms with van der Waals surface area (Å²) in [6, 6.07) is 7.38. The zero-order valence-electron chi connectivity index (χ0n) is 11.8. The molecule has 1 aromatic carbocycles. The largest absolute Gasteiger partial charge is 0.481 e. The number of nitrogens with zero attached hydrogens (tertiary/aromatic N) is 4. The van der Waals surface area contributed by atoms with Gasteiger partial charge in [0.05, 0.1) is 12.1 Å². The Kier molecular flexibility index (Phi) is 3.94. The molecule has 0 aliphatic heterocycles. The van der Waals surface area contributed by atoms with E-state index in [-0.39, 0.29) is 6.42 Å². The first-order valence-electron chi connectivity index (χ1n) is 7.33. The molecule has 2 aromatic rings. The highest BCUT2D eigenvalue weighted by atomic mass is 16.4. The van der Waals surface area contributed by atoms with Crippen LogP contribution >= 0.6 is 0 Å². The number of carboxylic acid groups (broad SMARTS) is 1. The van der Waals surface area contributed by atoms with Gasteiger partial charge in [-0.25, -0.2) is 0 Å². The van der Waals surface area contributed by atoms with E-state index in [1.54, 1.807) is 4.68 Å². The van der Waals surface area contributed by atoms with Crippen LogP contribution in [0.1, 0.15) is 49.4 Å². The van der Waals surface area contributed by atoms with Crippen molar-refractivity contribution in [1.29, 1.82) is 0 Å². The number of tetrazole rings is 1. The van der Waals surface area contributed by atoms with Crippen LogP contribution in [-0.4, -0.2) is 31.3 Å². The number of benzene rings is 1. The summed E-state index contributed by atoms with van der Waals surface area (Å²) in [5.74, 6) is 0.515. The van der Waals surface area contributed by atoms with Gasteiger partial charge in [-0.3, -0.25) is 4.79 Å². The van der Waals surface area contributed by atoms with Gasteiger partial charge in [-0.15, -0.1) is 5.10 Å². The van der Waals surface area contributed by atoms with Crippen LogP contribution in [0.4, 0.5) is 0 Å². The molecule has 0 atom stereocenters. The van der Waals surface area contributed by atoms with Crippen LogP contribution in [-0.2, 0) is 11.2 Å². The number of hydrogen-bond acceptors (Lipinski definition) is 4. The van der Waals surface area contributed by atoms with Gasteiger partial charge in [0.25, 0.3) is 0 Å². The fourth-order valence-electron chi connectivity index (χ4n) is 2.92. The second kappa shape index (κ2) is 6.03.